The zero-order chi connectivity index (χ0) is 13.2. The molecule has 18 heavy (non-hydrogen) atoms. The van der Waals surface area contributed by atoms with E-state index >= 15 is 0 Å². The van der Waals surface area contributed by atoms with Crippen LogP contribution in [0.3, 0.4) is 0 Å². The molecule has 0 radical (unpaired) electrons. The Hall–Kier alpha value is -2.12. The maximum atomic E-state index is 11.6. The summed E-state index contributed by atoms with van der Waals surface area (Å²) in [5, 5.41) is 2.51. The highest BCUT2D eigenvalue weighted by Gasteiger charge is 2.11. The number of anilines is 1. The van der Waals surface area contributed by atoms with Crippen molar-refractivity contribution in [2.45, 2.75) is 4.90 Å². The van der Waals surface area contributed by atoms with Crippen LogP contribution in [0.2, 0.25) is 0 Å². The van der Waals surface area contributed by atoms with Gasteiger partial charge in [-0.1, -0.05) is 0 Å². The van der Waals surface area contributed by atoms with Crippen LogP contribution in [0.5, 0.6) is 0 Å². The zero-order valence-corrected chi connectivity index (χ0v) is 9.85. The summed E-state index contributed by atoms with van der Waals surface area (Å²) in [4.78, 5) is 11.3. The van der Waals surface area contributed by atoms with Gasteiger partial charge in [0.1, 0.15) is 0 Å². The van der Waals surface area contributed by atoms with Crippen LogP contribution in [-0.2, 0) is 10.1 Å². The molecular weight excluding hydrogens is 258 g/mol. The van der Waals surface area contributed by atoms with Crippen LogP contribution in [0.25, 0.3) is 0 Å². The summed E-state index contributed by atoms with van der Waals surface area (Å²) in [5.41, 5.74) is 0.392. The van der Waals surface area contributed by atoms with Crippen molar-refractivity contribution in [1.29, 1.82) is 0 Å². The molecule has 94 valence electrons. The second-order valence-electron chi connectivity index (χ2n) is 3.43. The summed E-state index contributed by atoms with van der Waals surface area (Å²) in [6.45, 7) is 0. The van der Waals surface area contributed by atoms with Crippen molar-refractivity contribution in [3.05, 3.63) is 48.4 Å². The van der Waals surface area contributed by atoms with Crippen LogP contribution in [0.4, 0.5) is 5.69 Å². The van der Waals surface area contributed by atoms with Gasteiger partial charge in [0.2, 0.25) is 0 Å². The number of hydrogen-bond acceptors (Lipinski definition) is 4. The molecular formula is C11H9NO5S. The lowest BCUT2D eigenvalue weighted by Gasteiger charge is -2.03. The van der Waals surface area contributed by atoms with Gasteiger partial charge in [0, 0.05) is 5.69 Å². The summed E-state index contributed by atoms with van der Waals surface area (Å²) >= 11 is 0. The molecule has 0 bridgehead atoms. The molecule has 7 heteroatoms. The Morgan fingerprint density at radius 1 is 1.17 bits per heavy atom. The number of benzene rings is 1. The predicted octanol–water partition coefficient (Wildman–Crippen LogP) is 1.78. The van der Waals surface area contributed by atoms with E-state index in [-0.39, 0.29) is 10.7 Å². The number of furan rings is 1. The Morgan fingerprint density at radius 3 is 2.33 bits per heavy atom. The van der Waals surface area contributed by atoms with Gasteiger partial charge >= 0.3 is 0 Å². The predicted molar refractivity (Wildman–Crippen MR) is 62.9 cm³/mol. The van der Waals surface area contributed by atoms with E-state index in [1.54, 1.807) is 6.07 Å². The molecule has 2 N–H and O–H groups in total. The largest absolute Gasteiger partial charge is 0.459 e. The first-order valence-corrected chi connectivity index (χ1v) is 6.33. The highest BCUT2D eigenvalue weighted by Crippen LogP contribution is 2.14. The van der Waals surface area contributed by atoms with Crippen LogP contribution in [0, 0.1) is 0 Å². The van der Waals surface area contributed by atoms with E-state index in [0.717, 1.165) is 0 Å². The fourth-order valence-corrected chi connectivity index (χ4v) is 1.79. The number of carbonyl (C=O) groups is 1. The van der Waals surface area contributed by atoms with Crippen LogP contribution < -0.4 is 5.32 Å². The lowest BCUT2D eigenvalue weighted by molar-refractivity contribution is 0.0996. The summed E-state index contributed by atoms with van der Waals surface area (Å²) < 4.78 is 35.3. The minimum atomic E-state index is -4.22. The molecule has 0 atom stereocenters. The summed E-state index contributed by atoms with van der Waals surface area (Å²) in [7, 11) is -4.22. The molecule has 2 rings (SSSR count). The normalized spacial score (nSPS) is 11.2. The molecule has 0 unspecified atom stereocenters. The van der Waals surface area contributed by atoms with Crippen LogP contribution in [-0.4, -0.2) is 18.9 Å². The minimum Gasteiger partial charge on any atom is -0.459 e. The number of hydrogen-bond donors (Lipinski definition) is 2. The Morgan fingerprint density at radius 2 is 1.83 bits per heavy atom. The topological polar surface area (TPSA) is 96.6 Å². The summed E-state index contributed by atoms with van der Waals surface area (Å²) in [6, 6.07) is 8.19. The quantitative estimate of drug-likeness (QED) is 0.826. The lowest BCUT2D eigenvalue weighted by atomic mass is 10.3. The van der Waals surface area contributed by atoms with Gasteiger partial charge in [0.05, 0.1) is 11.2 Å². The van der Waals surface area contributed by atoms with Crippen molar-refractivity contribution in [3.63, 3.8) is 0 Å². The second-order valence-corrected chi connectivity index (χ2v) is 4.85. The van der Waals surface area contributed by atoms with Gasteiger partial charge in [-0.25, -0.2) is 0 Å². The first kappa shape index (κ1) is 12.3. The molecule has 0 spiro atoms. The Balaban J connectivity index is 2.14. The third kappa shape index (κ3) is 2.76. The molecule has 0 fully saturated rings. The third-order valence-corrected chi connectivity index (χ3v) is 3.02. The molecule has 2 aromatic rings. The first-order valence-electron chi connectivity index (χ1n) is 4.89. The van der Waals surface area contributed by atoms with E-state index in [4.69, 9.17) is 8.97 Å². The number of rotatable bonds is 3. The molecule has 1 aromatic heterocycles. The SMILES string of the molecule is O=C(Nc1ccc(S(=O)(=O)O)cc1)c1ccco1. The van der Waals surface area contributed by atoms with Gasteiger partial charge in [0.25, 0.3) is 16.0 Å². The van der Waals surface area contributed by atoms with Crippen LogP contribution in [0.1, 0.15) is 10.6 Å². The van der Waals surface area contributed by atoms with Crippen molar-refractivity contribution in [1.82, 2.24) is 0 Å². The van der Waals surface area contributed by atoms with E-state index in [2.05, 4.69) is 5.32 Å². The molecule has 1 heterocycles. The van der Waals surface area contributed by atoms with Gasteiger partial charge in [-0.05, 0) is 36.4 Å². The fourth-order valence-electron chi connectivity index (χ4n) is 1.31. The lowest BCUT2D eigenvalue weighted by Crippen LogP contribution is -2.10. The molecule has 0 aliphatic carbocycles. The van der Waals surface area contributed by atoms with Gasteiger partial charge in [-0.15, -0.1) is 0 Å². The smallest absolute Gasteiger partial charge is 0.294 e. The van der Waals surface area contributed by atoms with Crippen molar-refractivity contribution in [3.8, 4) is 0 Å². The summed E-state index contributed by atoms with van der Waals surface area (Å²) in [6.07, 6.45) is 1.37. The molecule has 0 aliphatic heterocycles. The fraction of sp³-hybridized carbons (Fsp3) is 0. The van der Waals surface area contributed by atoms with Crippen molar-refractivity contribution in [2.24, 2.45) is 0 Å². The minimum absolute atomic E-state index is 0.147. The molecule has 6 nitrogen and oxygen atoms in total. The molecule has 1 amide bonds. The van der Waals surface area contributed by atoms with E-state index < -0.39 is 16.0 Å². The van der Waals surface area contributed by atoms with Crippen molar-refractivity contribution >= 4 is 21.7 Å². The van der Waals surface area contributed by atoms with Gasteiger partial charge in [-0.3, -0.25) is 9.35 Å². The Labute approximate surface area is 103 Å². The van der Waals surface area contributed by atoms with E-state index in [1.807, 2.05) is 0 Å². The maximum Gasteiger partial charge on any atom is 0.294 e. The molecule has 0 saturated carbocycles. The average molecular weight is 267 g/mol. The monoisotopic (exact) mass is 267 g/mol. The van der Waals surface area contributed by atoms with Gasteiger partial charge in [-0.2, -0.15) is 8.42 Å². The number of carbonyl (C=O) groups excluding carboxylic acids is 1. The number of nitrogens with one attached hydrogen (secondary N) is 1. The van der Waals surface area contributed by atoms with Crippen LogP contribution in [0.15, 0.2) is 52.0 Å². The van der Waals surface area contributed by atoms with Crippen LogP contribution >= 0.6 is 0 Å². The van der Waals surface area contributed by atoms with E-state index in [0.29, 0.717) is 5.69 Å². The second kappa shape index (κ2) is 4.63. The van der Waals surface area contributed by atoms with Crippen molar-refractivity contribution < 1.29 is 22.2 Å². The zero-order valence-electron chi connectivity index (χ0n) is 9.03. The Bertz CT molecular complexity index is 643. The van der Waals surface area contributed by atoms with E-state index in [1.165, 1.54) is 36.6 Å². The summed E-state index contributed by atoms with van der Waals surface area (Å²) in [5.74, 6) is -0.298. The Kier molecular flexibility index (Phi) is 3.17. The molecule has 0 saturated heterocycles. The highest BCUT2D eigenvalue weighted by molar-refractivity contribution is 7.85. The number of amides is 1. The van der Waals surface area contributed by atoms with Crippen molar-refractivity contribution in [2.75, 3.05) is 5.32 Å². The third-order valence-electron chi connectivity index (χ3n) is 2.16. The highest BCUT2D eigenvalue weighted by atomic mass is 32.2. The van der Waals surface area contributed by atoms with E-state index in [9.17, 15) is 13.2 Å². The maximum absolute atomic E-state index is 11.6. The molecule has 1 aromatic carbocycles. The average Bonchev–Trinajstić information content (AvgIpc) is 2.82. The van der Waals surface area contributed by atoms with Gasteiger partial charge < -0.3 is 9.73 Å². The first-order chi connectivity index (χ1) is 8.47. The molecule has 0 aliphatic rings. The van der Waals surface area contributed by atoms with Gasteiger partial charge in [0.15, 0.2) is 5.76 Å². The standard InChI is InChI=1S/C11H9NO5S/c13-11(10-2-1-7-17-10)12-8-3-5-9(6-4-8)18(14,15)16/h1-7H,(H,12,13)(H,14,15,16).